The largest absolute Gasteiger partial charge is 0.482 e. The van der Waals surface area contributed by atoms with Crippen LogP contribution in [0.15, 0.2) is 72.5 Å². The molecule has 29 heavy (non-hydrogen) atoms. The number of amides is 1. The Morgan fingerprint density at radius 1 is 1.00 bits per heavy atom. The Bertz CT molecular complexity index is 1200. The van der Waals surface area contributed by atoms with E-state index in [2.05, 4.69) is 29.6 Å². The van der Waals surface area contributed by atoms with Crippen molar-refractivity contribution < 1.29 is 13.9 Å². The number of benzene rings is 2. The van der Waals surface area contributed by atoms with Crippen LogP contribution in [0.25, 0.3) is 21.6 Å². The lowest BCUT2D eigenvalue weighted by Crippen LogP contribution is -2.20. The summed E-state index contributed by atoms with van der Waals surface area (Å²) in [6, 6.07) is 18.7. The van der Waals surface area contributed by atoms with Crippen LogP contribution >= 0.6 is 11.3 Å². The molecule has 5 heteroatoms. The molecule has 2 aromatic carbocycles. The van der Waals surface area contributed by atoms with E-state index in [1.54, 1.807) is 17.4 Å². The summed E-state index contributed by atoms with van der Waals surface area (Å²) in [6.45, 7) is 3.99. The van der Waals surface area contributed by atoms with Crippen LogP contribution in [0.4, 0.5) is 10.1 Å². The van der Waals surface area contributed by atoms with E-state index in [0.717, 1.165) is 10.5 Å². The van der Waals surface area contributed by atoms with Crippen molar-refractivity contribution in [1.82, 2.24) is 0 Å². The van der Waals surface area contributed by atoms with E-state index in [1.165, 1.54) is 22.6 Å². The highest BCUT2D eigenvalue weighted by molar-refractivity contribution is 7.16. The first-order valence-corrected chi connectivity index (χ1v) is 10.2. The van der Waals surface area contributed by atoms with Crippen molar-refractivity contribution >= 4 is 34.1 Å². The Morgan fingerprint density at radius 2 is 1.76 bits per heavy atom. The second-order valence-electron chi connectivity index (χ2n) is 7.58. The van der Waals surface area contributed by atoms with E-state index in [1.807, 2.05) is 38.1 Å². The monoisotopic (exact) mass is 403 g/mol. The van der Waals surface area contributed by atoms with Gasteiger partial charge in [-0.2, -0.15) is 0 Å². The first kappa shape index (κ1) is 17.9. The smallest absolute Gasteiger partial charge is 0.260 e. The maximum atomic E-state index is 13.5. The molecule has 1 N–H and O–H groups in total. The third kappa shape index (κ3) is 2.98. The Labute approximate surface area is 172 Å². The summed E-state index contributed by atoms with van der Waals surface area (Å²) in [5, 5.41) is 2.73. The van der Waals surface area contributed by atoms with Gasteiger partial charge in [0, 0.05) is 20.9 Å². The van der Waals surface area contributed by atoms with E-state index < -0.39 is 5.60 Å². The lowest BCUT2D eigenvalue weighted by Gasteiger charge is -2.22. The number of halogens is 1. The maximum Gasteiger partial charge on any atom is 0.260 e. The van der Waals surface area contributed by atoms with Gasteiger partial charge in [-0.1, -0.05) is 30.3 Å². The molecular weight excluding hydrogens is 385 g/mol. The number of thiophene rings is 1. The highest BCUT2D eigenvalue weighted by atomic mass is 32.1. The lowest BCUT2D eigenvalue weighted by atomic mass is 9.97. The average Bonchev–Trinajstić information content (AvgIpc) is 3.36. The Balaban J connectivity index is 1.59. The number of ether oxygens (including phenoxy) is 1. The third-order valence-electron chi connectivity index (χ3n) is 5.19. The minimum absolute atomic E-state index is 0.273. The molecule has 2 aliphatic rings. The standard InChI is InChI=1S/C24H18FNO2S/c1-24(2)17(21-11-10-20(29-21)14-6-4-3-5-7-14)13-19(28-24)22-16-9-8-15(25)12-18(16)26-23(22)27/h3-13H,1-2H3,(H,26,27)/b22-19+. The molecule has 0 bridgehead atoms. The first-order chi connectivity index (χ1) is 13.9. The number of fused-ring (bicyclic) bond motifs is 1. The number of allylic oxidation sites excluding steroid dienone is 1. The minimum Gasteiger partial charge on any atom is -0.482 e. The van der Waals surface area contributed by atoms with Gasteiger partial charge in [0.1, 0.15) is 17.2 Å². The van der Waals surface area contributed by atoms with E-state index in [-0.39, 0.29) is 11.7 Å². The zero-order valence-corrected chi connectivity index (χ0v) is 16.8. The number of carbonyl (C=O) groups is 1. The second kappa shape index (κ2) is 6.42. The molecule has 0 unspecified atom stereocenters. The van der Waals surface area contributed by atoms with Crippen molar-refractivity contribution in [3.63, 3.8) is 0 Å². The molecular formula is C24H18FNO2S. The Morgan fingerprint density at radius 3 is 2.55 bits per heavy atom. The number of nitrogens with one attached hydrogen (secondary N) is 1. The number of rotatable bonds is 2. The number of hydrogen-bond acceptors (Lipinski definition) is 3. The lowest BCUT2D eigenvalue weighted by molar-refractivity contribution is -0.111. The highest BCUT2D eigenvalue weighted by Crippen LogP contribution is 2.46. The SMILES string of the molecule is CC1(C)O/C(=C2/C(=O)Nc3cc(F)ccc32)C=C1c1ccc(-c2ccccc2)s1. The van der Waals surface area contributed by atoms with E-state index in [0.29, 0.717) is 22.6 Å². The molecule has 0 fully saturated rings. The molecule has 0 saturated carbocycles. The molecule has 0 atom stereocenters. The van der Waals surface area contributed by atoms with Gasteiger partial charge >= 0.3 is 0 Å². The Hall–Kier alpha value is -3.18. The van der Waals surface area contributed by atoms with Gasteiger partial charge in [-0.3, -0.25) is 4.79 Å². The van der Waals surface area contributed by atoms with Gasteiger partial charge in [-0.25, -0.2) is 4.39 Å². The quantitative estimate of drug-likeness (QED) is 0.524. The van der Waals surface area contributed by atoms with Crippen molar-refractivity contribution in [2.45, 2.75) is 19.4 Å². The van der Waals surface area contributed by atoms with Gasteiger partial charge < -0.3 is 10.1 Å². The van der Waals surface area contributed by atoms with E-state index in [9.17, 15) is 9.18 Å². The predicted molar refractivity (Wildman–Crippen MR) is 115 cm³/mol. The van der Waals surface area contributed by atoms with Crippen molar-refractivity contribution in [2.75, 3.05) is 5.32 Å². The fourth-order valence-electron chi connectivity index (χ4n) is 3.79. The number of carbonyl (C=O) groups excluding carboxylic acids is 1. The summed E-state index contributed by atoms with van der Waals surface area (Å²) in [7, 11) is 0. The molecule has 144 valence electrons. The van der Waals surface area contributed by atoms with Crippen molar-refractivity contribution in [1.29, 1.82) is 0 Å². The number of hydrogen-bond donors (Lipinski definition) is 1. The van der Waals surface area contributed by atoms with Crippen LogP contribution < -0.4 is 5.32 Å². The molecule has 3 nitrogen and oxygen atoms in total. The normalized spacial score (nSPS) is 19.6. The van der Waals surface area contributed by atoms with Gasteiger partial charge in [-0.05, 0) is 55.8 Å². The molecule has 0 radical (unpaired) electrons. The molecule has 2 aliphatic heterocycles. The van der Waals surface area contributed by atoms with Gasteiger partial charge in [-0.15, -0.1) is 11.3 Å². The van der Waals surface area contributed by atoms with Crippen LogP contribution in [-0.4, -0.2) is 11.5 Å². The summed E-state index contributed by atoms with van der Waals surface area (Å²) < 4.78 is 19.7. The topological polar surface area (TPSA) is 38.3 Å². The van der Waals surface area contributed by atoms with Crippen molar-refractivity contribution in [3.05, 3.63) is 88.8 Å². The molecule has 0 aliphatic carbocycles. The van der Waals surface area contributed by atoms with Crippen molar-refractivity contribution in [3.8, 4) is 10.4 Å². The highest BCUT2D eigenvalue weighted by Gasteiger charge is 2.38. The predicted octanol–water partition coefficient (Wildman–Crippen LogP) is 6.11. The van der Waals surface area contributed by atoms with E-state index in [4.69, 9.17) is 4.74 Å². The first-order valence-electron chi connectivity index (χ1n) is 9.35. The summed E-state index contributed by atoms with van der Waals surface area (Å²) in [5.41, 5.74) is 3.20. The summed E-state index contributed by atoms with van der Waals surface area (Å²) in [6.07, 6.45) is 1.94. The van der Waals surface area contributed by atoms with Crippen molar-refractivity contribution in [2.24, 2.45) is 0 Å². The summed E-state index contributed by atoms with van der Waals surface area (Å²) in [4.78, 5) is 14.9. The van der Waals surface area contributed by atoms with Crippen LogP contribution in [0.1, 0.15) is 24.3 Å². The minimum atomic E-state index is -0.579. The molecule has 3 aromatic rings. The maximum absolute atomic E-state index is 13.5. The zero-order valence-electron chi connectivity index (χ0n) is 16.0. The van der Waals surface area contributed by atoms with Gasteiger partial charge in [0.15, 0.2) is 0 Å². The third-order valence-corrected chi connectivity index (χ3v) is 6.36. The Kier molecular flexibility index (Phi) is 3.96. The van der Waals surface area contributed by atoms with Gasteiger partial charge in [0.05, 0.1) is 11.3 Å². The molecule has 0 spiro atoms. The average molecular weight is 403 g/mol. The molecule has 1 aromatic heterocycles. The van der Waals surface area contributed by atoms with Crippen LogP contribution in [0.3, 0.4) is 0 Å². The van der Waals surface area contributed by atoms with Crippen LogP contribution in [0.2, 0.25) is 0 Å². The van der Waals surface area contributed by atoms with Gasteiger partial charge in [0.25, 0.3) is 5.91 Å². The molecule has 0 saturated heterocycles. The summed E-state index contributed by atoms with van der Waals surface area (Å²) in [5.74, 6) is -0.140. The van der Waals surface area contributed by atoms with E-state index >= 15 is 0 Å². The zero-order chi connectivity index (χ0) is 20.2. The van der Waals surface area contributed by atoms with Crippen LogP contribution in [0, 0.1) is 5.82 Å². The molecule has 3 heterocycles. The fourth-order valence-corrected chi connectivity index (χ4v) is 4.96. The van der Waals surface area contributed by atoms with Gasteiger partial charge in [0.2, 0.25) is 0 Å². The molecule has 5 rings (SSSR count). The van der Waals surface area contributed by atoms with Crippen LogP contribution in [-0.2, 0) is 9.53 Å². The molecule has 1 amide bonds. The summed E-state index contributed by atoms with van der Waals surface area (Å²) >= 11 is 1.70. The van der Waals surface area contributed by atoms with Crippen LogP contribution in [0.5, 0.6) is 0 Å². The fraction of sp³-hybridized carbons (Fsp3) is 0.125. The number of anilines is 1. The second-order valence-corrected chi connectivity index (χ2v) is 8.67.